The van der Waals surface area contributed by atoms with E-state index in [1.165, 1.54) is 4.90 Å². The summed E-state index contributed by atoms with van der Waals surface area (Å²) in [5.41, 5.74) is 12.0. The van der Waals surface area contributed by atoms with Crippen LogP contribution in [-0.4, -0.2) is 56.5 Å². The number of Topliss-reactive ketones (excluding diaryl/α,β-unsaturated/α-hetero) is 1. The lowest BCUT2D eigenvalue weighted by molar-refractivity contribution is -0.136. The first-order chi connectivity index (χ1) is 19.6. The number of fused-ring (bicyclic) bond motifs is 2. The third kappa shape index (κ3) is 5.84. The normalized spacial score (nSPS) is 17.1. The number of aromatic hydroxyl groups is 1. The molecule has 0 aliphatic carbocycles. The number of aryl methyl sites for hydroxylation is 2. The summed E-state index contributed by atoms with van der Waals surface area (Å²) in [6, 6.07) is 15.5. The van der Waals surface area contributed by atoms with E-state index in [0.29, 0.717) is 11.9 Å². The van der Waals surface area contributed by atoms with Crippen LogP contribution in [0.25, 0.3) is 11.0 Å². The van der Waals surface area contributed by atoms with Crippen molar-refractivity contribution in [3.05, 3.63) is 88.5 Å². The predicted octanol–water partition coefficient (Wildman–Crippen LogP) is 3.09. The van der Waals surface area contributed by atoms with Gasteiger partial charge in [0.15, 0.2) is 5.78 Å². The number of hydrogen-bond acceptors (Lipinski definition) is 7. The number of phenolic OH excluding ortho intramolecular Hbond substituents is 1. The highest BCUT2D eigenvalue weighted by atomic mass is 16.4. The first-order valence-electron chi connectivity index (χ1n) is 13.5. The number of imidazole rings is 1. The van der Waals surface area contributed by atoms with Gasteiger partial charge in [0.25, 0.3) is 0 Å². The van der Waals surface area contributed by atoms with Crippen LogP contribution in [0.15, 0.2) is 60.7 Å². The van der Waals surface area contributed by atoms with Crippen LogP contribution >= 0.6 is 0 Å². The minimum Gasteiger partial charge on any atom is -0.508 e. The number of hydrogen-bond donors (Lipinski definition) is 5. The summed E-state index contributed by atoms with van der Waals surface area (Å²) in [4.78, 5) is 48.3. The summed E-state index contributed by atoms with van der Waals surface area (Å²) in [5.74, 6) is -1.29. The molecule has 5 rings (SSSR count). The number of nitrogens with zero attached hydrogens (tertiary/aromatic N) is 2. The first-order valence-corrected chi connectivity index (χ1v) is 13.5. The van der Waals surface area contributed by atoms with E-state index < -0.39 is 30.0 Å². The molecule has 3 aromatic carbocycles. The zero-order valence-electron chi connectivity index (χ0n) is 22.9. The fourth-order valence-corrected chi connectivity index (χ4v) is 5.58. The topological polar surface area (TPSA) is 162 Å². The molecule has 2 heterocycles. The highest BCUT2D eigenvalue weighted by molar-refractivity contribution is 5.99. The molecule has 0 bridgehead atoms. The van der Waals surface area contributed by atoms with Crippen LogP contribution in [0.2, 0.25) is 0 Å². The molecule has 212 valence electrons. The third-order valence-corrected chi connectivity index (χ3v) is 7.66. The van der Waals surface area contributed by atoms with E-state index in [2.05, 4.69) is 15.3 Å². The van der Waals surface area contributed by atoms with Gasteiger partial charge in [-0.25, -0.2) is 4.98 Å². The van der Waals surface area contributed by atoms with Crippen molar-refractivity contribution in [2.45, 2.75) is 51.2 Å². The fraction of sp³-hybridized carbons (Fsp3) is 0.290. The molecule has 41 heavy (non-hydrogen) atoms. The zero-order chi connectivity index (χ0) is 29.3. The average Bonchev–Trinajstić information content (AvgIpc) is 3.37. The molecular formula is C31H33N5O5. The van der Waals surface area contributed by atoms with Gasteiger partial charge in [-0.2, -0.15) is 0 Å². The average molecular weight is 556 g/mol. The van der Waals surface area contributed by atoms with Gasteiger partial charge in [-0.1, -0.05) is 36.4 Å². The molecule has 10 heteroatoms. The zero-order valence-corrected chi connectivity index (χ0v) is 22.9. The van der Waals surface area contributed by atoms with Gasteiger partial charge in [-0.3, -0.25) is 24.6 Å². The number of nitrogens with two attached hydrogens (primary N) is 1. The van der Waals surface area contributed by atoms with Crippen molar-refractivity contribution < 1.29 is 24.6 Å². The van der Waals surface area contributed by atoms with Crippen molar-refractivity contribution in [3.8, 4) is 5.75 Å². The number of aromatic amines is 1. The summed E-state index contributed by atoms with van der Waals surface area (Å²) in [6.07, 6.45) is 0.318. The van der Waals surface area contributed by atoms with Gasteiger partial charge in [-0.15, -0.1) is 0 Å². The molecule has 1 aromatic heterocycles. The Morgan fingerprint density at radius 3 is 2.46 bits per heavy atom. The number of aliphatic carboxylic acids is 1. The molecule has 3 atom stereocenters. The Labute approximate surface area is 237 Å². The molecule has 6 N–H and O–H groups in total. The minimum absolute atomic E-state index is 0.0919. The van der Waals surface area contributed by atoms with E-state index in [9.17, 15) is 24.6 Å². The van der Waals surface area contributed by atoms with Crippen molar-refractivity contribution in [1.82, 2.24) is 15.3 Å². The Morgan fingerprint density at radius 2 is 1.76 bits per heavy atom. The molecular weight excluding hydrogens is 522 g/mol. The van der Waals surface area contributed by atoms with Crippen LogP contribution in [0, 0.1) is 13.8 Å². The molecule has 0 spiro atoms. The van der Waals surface area contributed by atoms with E-state index in [1.54, 1.807) is 18.2 Å². The lowest BCUT2D eigenvalue weighted by Gasteiger charge is -2.35. The number of phenols is 1. The van der Waals surface area contributed by atoms with Crippen molar-refractivity contribution in [2.75, 3.05) is 11.4 Å². The highest BCUT2D eigenvalue weighted by Crippen LogP contribution is 2.30. The molecule has 2 unspecified atom stereocenters. The van der Waals surface area contributed by atoms with Crippen LogP contribution in [0.4, 0.5) is 5.95 Å². The number of carbonyl (C=O) groups excluding carboxylic acids is 2. The Balaban J connectivity index is 1.44. The standard InChI is InChI=1S/C31H33N5O5/c1-17-13-20(37)14-18(2)22(17)16-23(32)29(40)28-21-8-4-3-7-19(21)15-26(33-28)30(41)36(12-11-27(38)39)31-34-24-9-5-6-10-25(24)35-31/h3-10,13-14,23,26,28,33,37H,11-12,15-16,32H2,1-2H3,(H,34,35)(H,38,39)/t23-,26?,28?/m0/s1. The number of para-hydroxylation sites is 2. The molecule has 0 fully saturated rings. The first kappa shape index (κ1) is 28.0. The number of benzene rings is 3. The number of carboxylic acid groups (broad SMARTS) is 1. The number of anilines is 1. The Morgan fingerprint density at radius 1 is 1.07 bits per heavy atom. The van der Waals surface area contributed by atoms with Gasteiger partial charge in [0.05, 0.1) is 35.6 Å². The molecule has 1 aliphatic heterocycles. The molecule has 0 saturated heterocycles. The maximum atomic E-state index is 14.0. The van der Waals surface area contributed by atoms with E-state index in [0.717, 1.165) is 33.3 Å². The number of carbonyl (C=O) groups is 3. The van der Waals surface area contributed by atoms with Gasteiger partial charge in [0.1, 0.15) is 5.75 Å². The SMILES string of the molecule is Cc1cc(O)cc(C)c1C[C@H](N)C(=O)C1NC(C(=O)N(CCC(=O)O)c2nc3ccccc3[nH]2)Cc2ccccc21. The number of nitrogens with one attached hydrogen (secondary N) is 2. The third-order valence-electron chi connectivity index (χ3n) is 7.66. The number of carboxylic acids is 1. The molecule has 0 radical (unpaired) electrons. The molecule has 1 amide bonds. The summed E-state index contributed by atoms with van der Waals surface area (Å²) in [6.45, 7) is 3.64. The van der Waals surface area contributed by atoms with E-state index in [-0.39, 0.29) is 36.9 Å². The Kier molecular flexibility index (Phi) is 7.87. The van der Waals surface area contributed by atoms with Crippen LogP contribution < -0.4 is 16.0 Å². The van der Waals surface area contributed by atoms with Crippen LogP contribution in [0.3, 0.4) is 0 Å². The maximum Gasteiger partial charge on any atom is 0.305 e. The second kappa shape index (κ2) is 11.5. The fourth-order valence-electron chi connectivity index (χ4n) is 5.58. The number of aromatic nitrogens is 2. The van der Waals surface area contributed by atoms with Crippen molar-refractivity contribution >= 4 is 34.6 Å². The molecule has 0 saturated carbocycles. The van der Waals surface area contributed by atoms with Gasteiger partial charge in [-0.05, 0) is 78.8 Å². The largest absolute Gasteiger partial charge is 0.508 e. The predicted molar refractivity (Wildman–Crippen MR) is 155 cm³/mol. The number of ketones is 1. The summed E-state index contributed by atoms with van der Waals surface area (Å²) >= 11 is 0. The van der Waals surface area contributed by atoms with E-state index in [1.807, 2.05) is 56.3 Å². The van der Waals surface area contributed by atoms with Crippen molar-refractivity contribution in [2.24, 2.45) is 5.73 Å². The van der Waals surface area contributed by atoms with E-state index >= 15 is 0 Å². The van der Waals surface area contributed by atoms with E-state index in [4.69, 9.17) is 5.73 Å². The van der Waals surface area contributed by atoms with Gasteiger partial charge in [0, 0.05) is 6.54 Å². The summed E-state index contributed by atoms with van der Waals surface area (Å²) in [7, 11) is 0. The van der Waals surface area contributed by atoms with Crippen LogP contribution in [0.5, 0.6) is 5.75 Å². The smallest absolute Gasteiger partial charge is 0.305 e. The molecule has 4 aromatic rings. The number of amides is 1. The second-order valence-corrected chi connectivity index (χ2v) is 10.5. The van der Waals surface area contributed by atoms with Crippen molar-refractivity contribution in [1.29, 1.82) is 0 Å². The maximum absolute atomic E-state index is 14.0. The minimum atomic E-state index is -1.04. The van der Waals surface area contributed by atoms with Crippen LogP contribution in [0.1, 0.15) is 40.3 Å². The second-order valence-electron chi connectivity index (χ2n) is 10.5. The lowest BCUT2D eigenvalue weighted by atomic mass is 9.84. The lowest BCUT2D eigenvalue weighted by Crippen LogP contribution is -2.55. The Bertz CT molecular complexity index is 1570. The van der Waals surface area contributed by atoms with Crippen LogP contribution in [-0.2, 0) is 27.2 Å². The number of H-pyrrole nitrogens is 1. The molecule has 1 aliphatic rings. The molecule has 10 nitrogen and oxygen atoms in total. The van der Waals surface area contributed by atoms with Gasteiger partial charge >= 0.3 is 5.97 Å². The van der Waals surface area contributed by atoms with Gasteiger partial charge < -0.3 is 20.9 Å². The Hall–Kier alpha value is -4.54. The number of rotatable bonds is 9. The highest BCUT2D eigenvalue weighted by Gasteiger charge is 2.38. The summed E-state index contributed by atoms with van der Waals surface area (Å²) in [5, 5.41) is 22.5. The van der Waals surface area contributed by atoms with Gasteiger partial charge in [0.2, 0.25) is 11.9 Å². The quantitative estimate of drug-likeness (QED) is 0.210. The monoisotopic (exact) mass is 555 g/mol. The van der Waals surface area contributed by atoms with Crippen molar-refractivity contribution in [3.63, 3.8) is 0 Å². The summed E-state index contributed by atoms with van der Waals surface area (Å²) < 4.78 is 0.